The van der Waals surface area contributed by atoms with Crippen molar-refractivity contribution in [3.05, 3.63) is 55.2 Å². The molecule has 0 bridgehead atoms. The Hall–Kier alpha value is -1.44. The number of nitrogen functional groups attached to an aromatic ring is 1. The highest BCUT2D eigenvalue weighted by atomic mass is 127. The average molecular weight is 581 g/mol. The number of anilines is 1. The molecule has 2 aromatic rings. The van der Waals surface area contributed by atoms with E-state index in [4.69, 9.17) is 25.7 Å². The van der Waals surface area contributed by atoms with Crippen LogP contribution in [-0.4, -0.2) is 36.4 Å². The van der Waals surface area contributed by atoms with Gasteiger partial charge in [0.15, 0.2) is 0 Å². The van der Waals surface area contributed by atoms with E-state index in [2.05, 4.69) is 50.5 Å². The van der Waals surface area contributed by atoms with E-state index in [9.17, 15) is 4.79 Å². The van der Waals surface area contributed by atoms with E-state index in [0.717, 1.165) is 7.14 Å². The number of nitrogens with one attached hydrogen (secondary N) is 2. The summed E-state index contributed by atoms with van der Waals surface area (Å²) in [5.74, 6) is -0.262. The van der Waals surface area contributed by atoms with Crippen LogP contribution in [0.5, 0.6) is 5.75 Å². The SMILES string of the molecule is N=C(N)c1ccc(NC(OCCO)C(=O)Oc2cc(I)cc(I)c2)cc1. The maximum absolute atomic E-state index is 12.5. The fourth-order valence-electron chi connectivity index (χ4n) is 1.99. The van der Waals surface area contributed by atoms with Gasteiger partial charge in [0.05, 0.1) is 13.2 Å². The van der Waals surface area contributed by atoms with Crippen LogP contribution in [0.3, 0.4) is 0 Å². The van der Waals surface area contributed by atoms with E-state index < -0.39 is 12.2 Å². The molecule has 1 atom stereocenters. The van der Waals surface area contributed by atoms with Crippen molar-refractivity contribution in [3.8, 4) is 5.75 Å². The van der Waals surface area contributed by atoms with Crippen molar-refractivity contribution in [1.82, 2.24) is 0 Å². The van der Waals surface area contributed by atoms with E-state index >= 15 is 0 Å². The molecule has 0 fully saturated rings. The van der Waals surface area contributed by atoms with Crippen LogP contribution in [0, 0.1) is 12.5 Å². The predicted octanol–water partition coefficient (Wildman–Crippen LogP) is 2.53. The maximum Gasteiger partial charge on any atom is 0.361 e. The second kappa shape index (κ2) is 10.0. The second-order valence-corrected chi connectivity index (χ2v) is 7.63. The summed E-state index contributed by atoms with van der Waals surface area (Å²) in [6, 6.07) is 12.1. The minimum absolute atomic E-state index is 0.0256. The van der Waals surface area contributed by atoms with Crippen molar-refractivity contribution in [3.63, 3.8) is 0 Å². The number of hydrogen-bond acceptors (Lipinski definition) is 6. The molecule has 0 heterocycles. The molecule has 0 aliphatic carbocycles. The smallest absolute Gasteiger partial charge is 0.361 e. The lowest BCUT2D eigenvalue weighted by Crippen LogP contribution is -2.36. The van der Waals surface area contributed by atoms with E-state index in [1.54, 1.807) is 36.4 Å². The van der Waals surface area contributed by atoms with Crippen molar-refractivity contribution in [2.24, 2.45) is 5.73 Å². The molecule has 0 aromatic heterocycles. The number of benzene rings is 2. The molecule has 0 amide bonds. The topological polar surface area (TPSA) is 118 Å². The number of carbonyl (C=O) groups excluding carboxylic acids is 1. The lowest BCUT2D eigenvalue weighted by molar-refractivity contribution is -0.146. The van der Waals surface area contributed by atoms with Gasteiger partial charge in [0.1, 0.15) is 11.6 Å². The maximum atomic E-state index is 12.5. The van der Waals surface area contributed by atoms with Crippen LogP contribution in [0.1, 0.15) is 5.56 Å². The Bertz CT molecular complexity index is 764. The van der Waals surface area contributed by atoms with Crippen molar-refractivity contribution < 1.29 is 19.4 Å². The molecule has 0 spiro atoms. The Labute approximate surface area is 178 Å². The quantitative estimate of drug-likeness (QED) is 0.0952. The Morgan fingerprint density at radius 1 is 1.19 bits per heavy atom. The molecular formula is C17H17I2N3O4. The van der Waals surface area contributed by atoms with Gasteiger partial charge < -0.3 is 25.6 Å². The molecule has 5 N–H and O–H groups in total. The monoisotopic (exact) mass is 581 g/mol. The summed E-state index contributed by atoms with van der Waals surface area (Å²) in [7, 11) is 0. The van der Waals surface area contributed by atoms with Crippen LogP contribution in [0.2, 0.25) is 0 Å². The molecule has 2 aromatic carbocycles. The van der Waals surface area contributed by atoms with Crippen LogP contribution >= 0.6 is 45.2 Å². The summed E-state index contributed by atoms with van der Waals surface area (Å²) in [5.41, 5.74) is 6.58. The minimum atomic E-state index is -1.10. The molecule has 0 saturated heterocycles. The highest BCUT2D eigenvalue weighted by Crippen LogP contribution is 2.21. The number of hydrogen-bond donors (Lipinski definition) is 4. The molecular weight excluding hydrogens is 564 g/mol. The number of esters is 1. The number of carbonyl (C=O) groups is 1. The largest absolute Gasteiger partial charge is 0.423 e. The standard InChI is InChI=1S/C17H17I2N3O4/c18-11-7-12(19)9-14(8-11)26-17(24)16(25-6-5-23)22-13-3-1-10(2-4-13)15(20)21/h1-4,7-9,16,22-23H,5-6H2,(H3,20,21). The van der Waals surface area contributed by atoms with E-state index in [1.807, 2.05) is 6.07 Å². The van der Waals surface area contributed by atoms with Gasteiger partial charge in [-0.1, -0.05) is 0 Å². The zero-order chi connectivity index (χ0) is 19.1. The van der Waals surface area contributed by atoms with E-state index in [1.165, 1.54) is 0 Å². The van der Waals surface area contributed by atoms with Gasteiger partial charge in [-0.15, -0.1) is 0 Å². The van der Waals surface area contributed by atoms with E-state index in [-0.39, 0.29) is 19.0 Å². The summed E-state index contributed by atoms with van der Waals surface area (Å²) < 4.78 is 12.6. The van der Waals surface area contributed by atoms with Crippen LogP contribution in [0.25, 0.3) is 0 Å². The first-order valence-corrected chi connectivity index (χ1v) is 9.66. The number of amidine groups is 1. The van der Waals surface area contributed by atoms with Gasteiger partial charge in [-0.3, -0.25) is 5.41 Å². The van der Waals surface area contributed by atoms with Crippen molar-refractivity contribution in [2.75, 3.05) is 18.5 Å². The number of halogens is 2. The van der Waals surface area contributed by atoms with Gasteiger partial charge in [-0.2, -0.15) is 0 Å². The Morgan fingerprint density at radius 2 is 1.81 bits per heavy atom. The van der Waals surface area contributed by atoms with Gasteiger partial charge >= 0.3 is 5.97 Å². The summed E-state index contributed by atoms with van der Waals surface area (Å²) in [4.78, 5) is 12.5. The fourth-order valence-corrected chi connectivity index (χ4v) is 3.87. The average Bonchev–Trinajstić information content (AvgIpc) is 2.58. The third-order valence-corrected chi connectivity index (χ3v) is 4.38. The molecule has 7 nitrogen and oxygen atoms in total. The lowest BCUT2D eigenvalue weighted by Gasteiger charge is -2.19. The molecule has 9 heteroatoms. The number of aliphatic hydroxyl groups is 1. The van der Waals surface area contributed by atoms with Gasteiger partial charge in [0.2, 0.25) is 6.23 Å². The zero-order valence-corrected chi connectivity index (χ0v) is 17.9. The summed E-state index contributed by atoms with van der Waals surface area (Å²) in [5, 5.41) is 19.3. The second-order valence-electron chi connectivity index (χ2n) is 5.14. The molecule has 0 aliphatic heterocycles. The number of rotatable bonds is 8. The highest BCUT2D eigenvalue weighted by molar-refractivity contribution is 14.1. The zero-order valence-electron chi connectivity index (χ0n) is 13.5. The number of nitrogens with two attached hydrogens (primary N) is 1. The Kier molecular flexibility index (Phi) is 8.06. The Balaban J connectivity index is 2.11. The first-order valence-electron chi connectivity index (χ1n) is 7.50. The van der Waals surface area contributed by atoms with Gasteiger partial charge in [0.25, 0.3) is 0 Å². The van der Waals surface area contributed by atoms with Crippen LogP contribution in [0.15, 0.2) is 42.5 Å². The van der Waals surface area contributed by atoms with Crippen LogP contribution in [0.4, 0.5) is 5.69 Å². The number of ether oxygens (including phenoxy) is 2. The molecule has 2 rings (SSSR count). The minimum Gasteiger partial charge on any atom is -0.423 e. The first kappa shape index (κ1) is 20.9. The molecule has 0 aliphatic rings. The molecule has 1 unspecified atom stereocenters. The Morgan fingerprint density at radius 3 is 2.35 bits per heavy atom. The van der Waals surface area contributed by atoms with Crippen molar-refractivity contribution in [2.45, 2.75) is 6.23 Å². The first-order chi connectivity index (χ1) is 12.4. The third kappa shape index (κ3) is 6.37. The fraction of sp³-hybridized carbons (Fsp3) is 0.176. The van der Waals surface area contributed by atoms with Crippen LogP contribution < -0.4 is 15.8 Å². The number of aliphatic hydroxyl groups excluding tert-OH is 1. The van der Waals surface area contributed by atoms with Crippen molar-refractivity contribution in [1.29, 1.82) is 5.41 Å². The predicted molar refractivity (Wildman–Crippen MR) is 115 cm³/mol. The molecule has 138 valence electrons. The summed E-state index contributed by atoms with van der Waals surface area (Å²) in [6.45, 7) is -0.252. The molecule has 0 saturated carbocycles. The summed E-state index contributed by atoms with van der Waals surface area (Å²) in [6.07, 6.45) is -1.10. The van der Waals surface area contributed by atoms with Gasteiger partial charge in [-0.05, 0) is 87.6 Å². The normalized spacial score (nSPS) is 11.7. The highest BCUT2D eigenvalue weighted by Gasteiger charge is 2.22. The molecule has 0 radical (unpaired) electrons. The van der Waals surface area contributed by atoms with Gasteiger partial charge in [-0.25, -0.2) is 4.79 Å². The van der Waals surface area contributed by atoms with E-state index in [0.29, 0.717) is 17.0 Å². The molecule has 26 heavy (non-hydrogen) atoms. The van der Waals surface area contributed by atoms with Gasteiger partial charge in [0, 0.05) is 18.4 Å². The van der Waals surface area contributed by atoms with Crippen LogP contribution in [-0.2, 0) is 9.53 Å². The third-order valence-electron chi connectivity index (χ3n) is 3.14. The van der Waals surface area contributed by atoms with Crippen molar-refractivity contribution >= 4 is 62.7 Å². The lowest BCUT2D eigenvalue weighted by atomic mass is 10.2. The summed E-state index contributed by atoms with van der Waals surface area (Å²) >= 11 is 4.28.